The molecule has 0 fully saturated rings. The van der Waals surface area contributed by atoms with E-state index in [0.717, 1.165) is 20.2 Å². The number of carbonyl (C=O) groups is 1. The van der Waals surface area contributed by atoms with Gasteiger partial charge >= 0.3 is 6.03 Å². The summed E-state index contributed by atoms with van der Waals surface area (Å²) in [5.74, 6) is 0. The minimum atomic E-state index is -0.852. The van der Waals surface area contributed by atoms with Crippen LogP contribution in [-0.4, -0.2) is 18.2 Å². The molecule has 0 spiro atoms. The molecule has 0 saturated carbocycles. The Hall–Kier alpha value is -2.32. The predicted molar refractivity (Wildman–Crippen MR) is 144 cm³/mol. The molecule has 1 heterocycles. The fourth-order valence-corrected chi connectivity index (χ4v) is 6.02. The zero-order valence-corrected chi connectivity index (χ0v) is 21.8. The molecule has 7 heteroatoms. The average molecular weight is 498 g/mol. The lowest BCUT2D eigenvalue weighted by molar-refractivity contribution is 0.0795. The van der Waals surface area contributed by atoms with E-state index in [2.05, 4.69) is 23.2 Å². The van der Waals surface area contributed by atoms with Gasteiger partial charge < -0.3 is 16.2 Å². The van der Waals surface area contributed by atoms with E-state index in [0.29, 0.717) is 0 Å². The van der Waals surface area contributed by atoms with Gasteiger partial charge in [0.1, 0.15) is 0 Å². The van der Waals surface area contributed by atoms with Gasteiger partial charge in [0.15, 0.2) is 0 Å². The fraction of sp³-hybridized carbons (Fsp3) is 0.370. The number of aliphatic hydroxyl groups is 1. The minimum absolute atomic E-state index is 0.495. The molecule has 5 rings (SSSR count). The van der Waals surface area contributed by atoms with E-state index in [9.17, 15) is 9.90 Å². The van der Waals surface area contributed by atoms with Gasteiger partial charge in [-0.25, -0.2) is 4.79 Å². The van der Waals surface area contributed by atoms with Gasteiger partial charge in [-0.3, -0.25) is 5.14 Å². The van der Waals surface area contributed by atoms with Gasteiger partial charge in [0.2, 0.25) is 0 Å². The number of primary amides is 1. The second-order valence-corrected chi connectivity index (χ2v) is 11.0. The van der Waals surface area contributed by atoms with E-state index in [4.69, 9.17) is 5.14 Å². The number of aryl methyl sites for hydroxylation is 4. The van der Waals surface area contributed by atoms with Crippen LogP contribution in [0.3, 0.4) is 0 Å². The summed E-state index contributed by atoms with van der Waals surface area (Å²) in [7, 11) is 1.47. The normalized spacial score (nSPS) is 13.7. The van der Waals surface area contributed by atoms with Crippen molar-refractivity contribution in [3.63, 3.8) is 0 Å². The van der Waals surface area contributed by atoms with Crippen molar-refractivity contribution in [3.05, 3.63) is 76.3 Å². The summed E-state index contributed by atoms with van der Waals surface area (Å²) in [4.78, 5) is 10.6. The maximum atomic E-state index is 10.2. The Kier molecular flexibility index (Phi) is 9.19. The highest BCUT2D eigenvalue weighted by molar-refractivity contribution is 7.99. The number of nitrogens with one attached hydrogen (secondary N) is 1. The van der Waals surface area contributed by atoms with Crippen LogP contribution in [-0.2, 0) is 31.3 Å². The average Bonchev–Trinajstić information content (AvgIpc) is 3.57. The molecule has 3 aromatic rings. The van der Waals surface area contributed by atoms with Crippen molar-refractivity contribution < 1.29 is 9.90 Å². The lowest BCUT2D eigenvalue weighted by atomic mass is 9.96. The van der Waals surface area contributed by atoms with Crippen LogP contribution in [0.5, 0.6) is 0 Å². The highest BCUT2D eigenvalue weighted by Crippen LogP contribution is 2.41. The molecule has 34 heavy (non-hydrogen) atoms. The Labute approximate surface area is 211 Å². The van der Waals surface area contributed by atoms with E-state index in [-0.39, 0.29) is 0 Å². The first-order chi connectivity index (χ1) is 16.2. The molecule has 0 bridgehead atoms. The summed E-state index contributed by atoms with van der Waals surface area (Å²) in [5, 5.41) is 18.0. The second kappa shape index (κ2) is 11.9. The Morgan fingerprint density at radius 2 is 1.44 bits per heavy atom. The molecule has 0 aliphatic heterocycles. The number of rotatable bonds is 3. The Balaban J connectivity index is 0.000000165. The van der Waals surface area contributed by atoms with E-state index in [1.807, 2.05) is 36.4 Å². The number of carbonyl (C=O) groups excluding carboxylic acids is 1. The quantitative estimate of drug-likeness (QED) is 0.356. The smallest absolute Gasteiger partial charge is 0.311 e. The molecular formula is C27H35N3O2S2. The summed E-state index contributed by atoms with van der Waals surface area (Å²) in [6, 6.07) is 16.5. The molecule has 0 atom stereocenters. The molecular weight excluding hydrogens is 462 g/mol. The van der Waals surface area contributed by atoms with E-state index in [1.165, 1.54) is 57.5 Å². The summed E-state index contributed by atoms with van der Waals surface area (Å²) in [6.07, 6.45) is 8.12. The van der Waals surface area contributed by atoms with Crippen molar-refractivity contribution in [2.24, 2.45) is 10.9 Å². The van der Waals surface area contributed by atoms with Gasteiger partial charge in [-0.1, -0.05) is 42.5 Å². The van der Waals surface area contributed by atoms with Gasteiger partial charge in [-0.2, -0.15) is 0 Å². The van der Waals surface area contributed by atoms with Crippen molar-refractivity contribution in [1.82, 2.24) is 5.32 Å². The van der Waals surface area contributed by atoms with Gasteiger partial charge in [-0.05, 0) is 98.2 Å². The van der Waals surface area contributed by atoms with Crippen molar-refractivity contribution in [1.29, 1.82) is 0 Å². The lowest BCUT2D eigenvalue weighted by Gasteiger charge is -2.18. The highest BCUT2D eigenvalue weighted by Gasteiger charge is 2.23. The number of nitrogens with two attached hydrogens (primary N) is 2. The van der Waals surface area contributed by atoms with Gasteiger partial charge in [0.25, 0.3) is 0 Å². The standard InChI is InChI=1S/C13H15NOS2.C12H14.C2H6N2O/c1-13(2,15)10-8-11(17-14)16-12(10)9-6-4-3-5-7-9;1-3-9-7-11-5-2-6-12(11)8-10(9)4-1;1-4-2(3)5/h3-8,15H,14H2,1-2H3;7-8H,1-6H2;1H3,(H3,3,4,5). The summed E-state index contributed by atoms with van der Waals surface area (Å²) in [6.45, 7) is 3.60. The van der Waals surface area contributed by atoms with Crippen LogP contribution in [0.1, 0.15) is 54.5 Å². The number of fused-ring (bicyclic) bond motifs is 2. The minimum Gasteiger partial charge on any atom is -0.386 e. The van der Waals surface area contributed by atoms with Crippen LogP contribution in [0.2, 0.25) is 0 Å². The zero-order valence-electron chi connectivity index (χ0n) is 20.2. The van der Waals surface area contributed by atoms with Crippen LogP contribution >= 0.6 is 23.3 Å². The van der Waals surface area contributed by atoms with Gasteiger partial charge in [-0.15, -0.1) is 11.3 Å². The first-order valence-electron chi connectivity index (χ1n) is 11.6. The summed E-state index contributed by atoms with van der Waals surface area (Å²) in [5.41, 5.74) is 12.3. The van der Waals surface area contributed by atoms with Crippen molar-refractivity contribution in [2.45, 2.75) is 62.2 Å². The molecule has 2 aliphatic rings. The molecule has 2 aliphatic carbocycles. The second-order valence-electron chi connectivity index (χ2n) is 9.06. The van der Waals surface area contributed by atoms with Crippen LogP contribution in [0.4, 0.5) is 4.79 Å². The van der Waals surface area contributed by atoms with Crippen LogP contribution < -0.4 is 16.2 Å². The predicted octanol–water partition coefficient (Wildman–Crippen LogP) is 5.56. The SMILES string of the molecule is CC(C)(O)c1cc(SN)sc1-c1ccccc1.CNC(N)=O.c1c2c(cc3c1CCC3)CCC2. The third kappa shape index (κ3) is 6.85. The first kappa shape index (κ1) is 26.3. The number of hydrogen-bond acceptors (Lipinski definition) is 5. The maximum Gasteiger partial charge on any atom is 0.311 e. The van der Waals surface area contributed by atoms with Crippen molar-refractivity contribution in [3.8, 4) is 10.4 Å². The van der Waals surface area contributed by atoms with Gasteiger partial charge in [0, 0.05) is 17.5 Å². The maximum absolute atomic E-state index is 10.2. The Morgan fingerprint density at radius 1 is 0.971 bits per heavy atom. The summed E-state index contributed by atoms with van der Waals surface area (Å²) < 4.78 is 1.01. The van der Waals surface area contributed by atoms with E-state index >= 15 is 0 Å². The highest BCUT2D eigenvalue weighted by atomic mass is 32.2. The number of benzene rings is 2. The lowest BCUT2D eigenvalue weighted by Crippen LogP contribution is -2.24. The Morgan fingerprint density at radius 3 is 1.82 bits per heavy atom. The molecule has 0 saturated heterocycles. The number of thiophene rings is 1. The topological polar surface area (TPSA) is 101 Å². The van der Waals surface area contributed by atoms with E-state index < -0.39 is 11.6 Å². The molecule has 2 aromatic carbocycles. The third-order valence-electron chi connectivity index (χ3n) is 6.07. The molecule has 0 unspecified atom stereocenters. The Bertz CT molecular complexity index is 1040. The largest absolute Gasteiger partial charge is 0.386 e. The molecule has 5 nitrogen and oxygen atoms in total. The zero-order chi connectivity index (χ0) is 24.7. The monoisotopic (exact) mass is 497 g/mol. The molecule has 2 amide bonds. The molecule has 1 aromatic heterocycles. The van der Waals surface area contributed by atoms with Crippen LogP contribution in [0, 0.1) is 0 Å². The summed E-state index contributed by atoms with van der Waals surface area (Å²) >= 11 is 2.84. The number of hydrogen-bond donors (Lipinski definition) is 4. The van der Waals surface area contributed by atoms with E-state index in [1.54, 1.807) is 47.4 Å². The number of amides is 2. The molecule has 6 N–H and O–H groups in total. The van der Waals surface area contributed by atoms with Crippen molar-refractivity contribution >= 4 is 29.3 Å². The molecule has 182 valence electrons. The number of urea groups is 1. The fourth-order valence-electron chi connectivity index (χ4n) is 4.35. The molecule has 0 radical (unpaired) electrons. The third-order valence-corrected chi connectivity index (χ3v) is 7.94. The van der Waals surface area contributed by atoms with Gasteiger partial charge in [0.05, 0.1) is 9.81 Å². The van der Waals surface area contributed by atoms with Crippen LogP contribution in [0.15, 0.2) is 52.7 Å². The first-order valence-corrected chi connectivity index (χ1v) is 13.3. The van der Waals surface area contributed by atoms with Crippen molar-refractivity contribution in [2.75, 3.05) is 7.05 Å². The van der Waals surface area contributed by atoms with Crippen LogP contribution in [0.25, 0.3) is 10.4 Å².